The van der Waals surface area contributed by atoms with Crippen molar-refractivity contribution >= 4 is 11.5 Å². The molecular weight excluding hydrogens is 192 g/mol. The monoisotopic (exact) mass is 208 g/mol. The van der Waals surface area contributed by atoms with Gasteiger partial charge in [-0.2, -0.15) is 0 Å². The Morgan fingerprint density at radius 2 is 2.40 bits per heavy atom. The van der Waals surface area contributed by atoms with Gasteiger partial charge in [-0.1, -0.05) is 13.8 Å². The van der Waals surface area contributed by atoms with Gasteiger partial charge in [-0.05, 0) is 17.8 Å². The molecule has 1 saturated carbocycles. The van der Waals surface area contributed by atoms with Crippen molar-refractivity contribution < 1.29 is 0 Å². The van der Waals surface area contributed by atoms with Crippen LogP contribution >= 0.6 is 0 Å². The SMILES string of the molecule is CC1(C)CC1CNc1nc[nH]c(=O)c1N. The van der Waals surface area contributed by atoms with E-state index in [1.165, 1.54) is 12.7 Å². The summed E-state index contributed by atoms with van der Waals surface area (Å²) in [7, 11) is 0. The van der Waals surface area contributed by atoms with Gasteiger partial charge in [0.1, 0.15) is 5.69 Å². The fourth-order valence-corrected chi connectivity index (χ4v) is 1.70. The summed E-state index contributed by atoms with van der Waals surface area (Å²) in [5.41, 5.74) is 5.88. The van der Waals surface area contributed by atoms with Crippen LogP contribution in [-0.4, -0.2) is 16.5 Å². The zero-order valence-corrected chi connectivity index (χ0v) is 9.00. The van der Waals surface area contributed by atoms with Crippen molar-refractivity contribution in [2.24, 2.45) is 11.3 Å². The van der Waals surface area contributed by atoms with Gasteiger partial charge < -0.3 is 16.0 Å². The van der Waals surface area contributed by atoms with Crippen LogP contribution in [0.1, 0.15) is 20.3 Å². The van der Waals surface area contributed by atoms with Crippen LogP contribution < -0.4 is 16.6 Å². The van der Waals surface area contributed by atoms with E-state index in [2.05, 4.69) is 29.1 Å². The highest BCUT2D eigenvalue weighted by molar-refractivity contribution is 5.58. The second-order valence-corrected chi connectivity index (χ2v) is 4.76. The number of hydrogen-bond acceptors (Lipinski definition) is 4. The lowest BCUT2D eigenvalue weighted by atomic mass is 10.1. The minimum absolute atomic E-state index is 0.163. The molecular formula is C10H16N4O. The van der Waals surface area contributed by atoms with Crippen molar-refractivity contribution in [3.63, 3.8) is 0 Å². The van der Waals surface area contributed by atoms with Crippen molar-refractivity contribution in [1.82, 2.24) is 9.97 Å². The average molecular weight is 208 g/mol. The number of nitrogen functional groups attached to an aromatic ring is 1. The first kappa shape index (κ1) is 10.0. The van der Waals surface area contributed by atoms with Crippen LogP contribution in [-0.2, 0) is 0 Å². The van der Waals surface area contributed by atoms with E-state index in [0.29, 0.717) is 17.2 Å². The van der Waals surface area contributed by atoms with Crippen LogP contribution in [0.15, 0.2) is 11.1 Å². The molecule has 0 saturated heterocycles. The number of aromatic nitrogens is 2. The third kappa shape index (κ3) is 1.95. The van der Waals surface area contributed by atoms with Gasteiger partial charge in [0.2, 0.25) is 0 Å². The Morgan fingerprint density at radius 1 is 1.73 bits per heavy atom. The van der Waals surface area contributed by atoms with Gasteiger partial charge in [0.05, 0.1) is 6.33 Å². The van der Waals surface area contributed by atoms with E-state index in [9.17, 15) is 4.79 Å². The minimum atomic E-state index is -0.289. The molecule has 5 nitrogen and oxygen atoms in total. The summed E-state index contributed by atoms with van der Waals surface area (Å²) in [6.45, 7) is 5.29. The molecule has 1 aliphatic rings. The van der Waals surface area contributed by atoms with E-state index in [1.54, 1.807) is 0 Å². The Kier molecular flexibility index (Phi) is 2.17. The Balaban J connectivity index is 2.00. The maximum Gasteiger partial charge on any atom is 0.276 e. The molecule has 1 aromatic heterocycles. The van der Waals surface area contributed by atoms with E-state index in [-0.39, 0.29) is 11.2 Å². The molecule has 5 heteroatoms. The van der Waals surface area contributed by atoms with Gasteiger partial charge in [-0.15, -0.1) is 0 Å². The van der Waals surface area contributed by atoms with Crippen molar-refractivity contribution in [3.8, 4) is 0 Å². The summed E-state index contributed by atoms with van der Waals surface area (Å²) in [5, 5.41) is 3.12. The van der Waals surface area contributed by atoms with Gasteiger partial charge in [0, 0.05) is 6.54 Å². The molecule has 0 spiro atoms. The largest absolute Gasteiger partial charge is 0.391 e. The molecule has 4 N–H and O–H groups in total. The highest BCUT2D eigenvalue weighted by Crippen LogP contribution is 2.51. The van der Waals surface area contributed by atoms with Crippen LogP contribution in [0.3, 0.4) is 0 Å². The number of nitrogens with one attached hydrogen (secondary N) is 2. The topological polar surface area (TPSA) is 83.8 Å². The van der Waals surface area contributed by atoms with Crippen molar-refractivity contribution in [3.05, 3.63) is 16.7 Å². The summed E-state index contributed by atoms with van der Waals surface area (Å²) in [6, 6.07) is 0. The fourth-order valence-electron chi connectivity index (χ4n) is 1.70. The van der Waals surface area contributed by atoms with E-state index >= 15 is 0 Å². The van der Waals surface area contributed by atoms with Crippen LogP contribution in [0.5, 0.6) is 0 Å². The smallest absolute Gasteiger partial charge is 0.276 e. The van der Waals surface area contributed by atoms with E-state index in [1.807, 2.05) is 0 Å². The summed E-state index contributed by atoms with van der Waals surface area (Å²) >= 11 is 0. The first-order valence-corrected chi connectivity index (χ1v) is 5.08. The summed E-state index contributed by atoms with van der Waals surface area (Å²) in [5.74, 6) is 1.14. The number of rotatable bonds is 3. The zero-order valence-electron chi connectivity index (χ0n) is 9.00. The summed E-state index contributed by atoms with van der Waals surface area (Å²) in [6.07, 6.45) is 2.57. The Labute approximate surface area is 88.1 Å². The summed E-state index contributed by atoms with van der Waals surface area (Å²) in [4.78, 5) is 17.6. The number of aromatic amines is 1. The van der Waals surface area contributed by atoms with E-state index < -0.39 is 0 Å². The predicted octanol–water partition coefficient (Wildman–Crippen LogP) is 0.810. The lowest BCUT2D eigenvalue weighted by Crippen LogP contribution is -2.17. The van der Waals surface area contributed by atoms with Gasteiger partial charge >= 0.3 is 0 Å². The average Bonchev–Trinajstić information content (AvgIpc) is 2.77. The second-order valence-electron chi connectivity index (χ2n) is 4.76. The molecule has 2 rings (SSSR count). The van der Waals surface area contributed by atoms with Crippen LogP contribution in [0.2, 0.25) is 0 Å². The Morgan fingerprint density at radius 3 is 3.00 bits per heavy atom. The van der Waals surface area contributed by atoms with Crippen molar-refractivity contribution in [2.45, 2.75) is 20.3 Å². The number of anilines is 2. The molecule has 0 aliphatic heterocycles. The Bertz CT molecular complexity index is 424. The zero-order chi connectivity index (χ0) is 11.1. The van der Waals surface area contributed by atoms with E-state index in [4.69, 9.17) is 5.73 Å². The summed E-state index contributed by atoms with van der Waals surface area (Å²) < 4.78 is 0. The molecule has 1 heterocycles. The molecule has 1 aliphatic carbocycles. The minimum Gasteiger partial charge on any atom is -0.391 e. The van der Waals surface area contributed by atoms with Crippen LogP contribution in [0.4, 0.5) is 11.5 Å². The predicted molar refractivity (Wildman–Crippen MR) is 59.6 cm³/mol. The maximum atomic E-state index is 11.2. The number of nitrogens with zero attached hydrogens (tertiary/aromatic N) is 1. The van der Waals surface area contributed by atoms with Crippen molar-refractivity contribution in [2.75, 3.05) is 17.6 Å². The first-order valence-electron chi connectivity index (χ1n) is 5.08. The van der Waals surface area contributed by atoms with Gasteiger partial charge in [-0.25, -0.2) is 4.98 Å². The number of nitrogens with two attached hydrogens (primary N) is 1. The van der Waals surface area contributed by atoms with E-state index in [0.717, 1.165) is 6.54 Å². The molecule has 0 radical (unpaired) electrons. The third-order valence-electron chi connectivity index (χ3n) is 3.12. The first-order chi connectivity index (χ1) is 7.00. The standard InChI is InChI=1S/C10H16N4O/c1-10(2)3-6(10)4-12-8-7(11)9(15)14-5-13-8/h5-6H,3-4,11H2,1-2H3,(H2,12,13,14,15). The molecule has 82 valence electrons. The molecule has 1 atom stereocenters. The highest BCUT2D eigenvalue weighted by Gasteiger charge is 2.45. The number of hydrogen-bond donors (Lipinski definition) is 3. The molecule has 0 amide bonds. The Hall–Kier alpha value is -1.52. The second kappa shape index (κ2) is 3.25. The quantitative estimate of drug-likeness (QED) is 0.686. The molecule has 1 fully saturated rings. The van der Waals surface area contributed by atoms with Crippen LogP contribution in [0.25, 0.3) is 0 Å². The lowest BCUT2D eigenvalue weighted by molar-refractivity contribution is 0.573. The van der Waals surface area contributed by atoms with Gasteiger partial charge in [0.15, 0.2) is 5.82 Å². The fraction of sp³-hybridized carbons (Fsp3) is 0.600. The highest BCUT2D eigenvalue weighted by atomic mass is 16.1. The molecule has 0 bridgehead atoms. The molecule has 1 aromatic rings. The number of H-pyrrole nitrogens is 1. The molecule has 0 aromatic carbocycles. The maximum absolute atomic E-state index is 11.2. The van der Waals surface area contributed by atoms with Crippen molar-refractivity contribution in [1.29, 1.82) is 0 Å². The van der Waals surface area contributed by atoms with Gasteiger partial charge in [0.25, 0.3) is 5.56 Å². The lowest BCUT2D eigenvalue weighted by Gasteiger charge is -2.07. The van der Waals surface area contributed by atoms with Gasteiger partial charge in [-0.3, -0.25) is 4.79 Å². The third-order valence-corrected chi connectivity index (χ3v) is 3.12. The molecule has 15 heavy (non-hydrogen) atoms. The molecule has 1 unspecified atom stereocenters. The normalized spacial score (nSPS) is 22.4. The van der Waals surface area contributed by atoms with Crippen LogP contribution in [0, 0.1) is 11.3 Å².